The molecule has 0 saturated carbocycles. The average molecular weight is 583 g/mol. The molecular weight excluding hydrogens is 541 g/mol. The summed E-state index contributed by atoms with van der Waals surface area (Å²) in [6, 6.07) is 9.42. The smallest absolute Gasteiger partial charge is 0.229 e. The molecule has 0 bridgehead atoms. The second-order valence-corrected chi connectivity index (χ2v) is 17.2. The summed E-state index contributed by atoms with van der Waals surface area (Å²) >= 11 is 12.5. The zero-order valence-corrected chi connectivity index (χ0v) is 26.4. The highest BCUT2D eigenvalue weighted by atomic mass is 35.5. The SMILES string of the molecule is COc1cc(CN2CCC(CCO[Si](C)(C)C(C)(C)C)(Cc3ccc(Cl)c(Cl)c3)C2=O)cc(OC)c1OC. The van der Waals surface area contributed by atoms with E-state index in [9.17, 15) is 4.79 Å². The molecule has 3 rings (SSSR count). The van der Waals surface area contributed by atoms with E-state index in [2.05, 4.69) is 33.9 Å². The van der Waals surface area contributed by atoms with Crippen LogP contribution in [0.5, 0.6) is 17.2 Å². The number of rotatable bonds is 11. The maximum atomic E-state index is 14.1. The molecule has 1 atom stereocenters. The van der Waals surface area contributed by atoms with Crippen molar-refractivity contribution in [3.63, 3.8) is 0 Å². The fraction of sp³-hybridized carbons (Fsp3) is 0.552. The van der Waals surface area contributed by atoms with E-state index in [0.717, 1.165) is 17.5 Å². The molecule has 1 aliphatic rings. The number of hydrogen-bond donors (Lipinski definition) is 0. The van der Waals surface area contributed by atoms with Gasteiger partial charge in [0.2, 0.25) is 11.7 Å². The van der Waals surface area contributed by atoms with Crippen LogP contribution in [0.2, 0.25) is 28.2 Å². The van der Waals surface area contributed by atoms with Crippen LogP contribution >= 0.6 is 23.2 Å². The molecule has 1 heterocycles. The van der Waals surface area contributed by atoms with Gasteiger partial charge in [0.1, 0.15) is 0 Å². The highest BCUT2D eigenvalue weighted by Gasteiger charge is 2.47. The van der Waals surface area contributed by atoms with Crippen LogP contribution in [0.15, 0.2) is 30.3 Å². The van der Waals surface area contributed by atoms with Gasteiger partial charge in [-0.3, -0.25) is 4.79 Å². The number of methoxy groups -OCH3 is 3. The van der Waals surface area contributed by atoms with Crippen LogP contribution in [0.4, 0.5) is 0 Å². The lowest BCUT2D eigenvalue weighted by atomic mass is 9.77. The quantitative estimate of drug-likeness (QED) is 0.259. The minimum atomic E-state index is -1.95. The van der Waals surface area contributed by atoms with Crippen molar-refractivity contribution in [3.8, 4) is 17.2 Å². The highest BCUT2D eigenvalue weighted by Crippen LogP contribution is 2.43. The first-order valence-corrected chi connectivity index (χ1v) is 16.6. The van der Waals surface area contributed by atoms with Crippen molar-refractivity contribution in [1.29, 1.82) is 0 Å². The predicted molar refractivity (Wildman–Crippen MR) is 156 cm³/mol. The van der Waals surface area contributed by atoms with Crippen molar-refractivity contribution in [2.24, 2.45) is 5.41 Å². The van der Waals surface area contributed by atoms with Gasteiger partial charge in [-0.2, -0.15) is 0 Å². The normalized spacial score (nSPS) is 18.2. The maximum absolute atomic E-state index is 14.1. The summed E-state index contributed by atoms with van der Waals surface area (Å²) in [6.07, 6.45) is 1.96. The van der Waals surface area contributed by atoms with Crippen molar-refractivity contribution in [2.45, 2.75) is 64.7 Å². The monoisotopic (exact) mass is 581 g/mol. The van der Waals surface area contributed by atoms with E-state index in [1.807, 2.05) is 29.2 Å². The van der Waals surface area contributed by atoms with Gasteiger partial charge in [0.05, 0.1) is 36.8 Å². The largest absolute Gasteiger partial charge is 0.493 e. The lowest BCUT2D eigenvalue weighted by Crippen LogP contribution is -2.43. The number of benzene rings is 2. The number of likely N-dealkylation sites (tertiary alicyclic amines) is 1. The predicted octanol–water partition coefficient (Wildman–Crippen LogP) is 7.39. The minimum Gasteiger partial charge on any atom is -0.493 e. The van der Waals surface area contributed by atoms with Crippen LogP contribution in [-0.2, 0) is 22.2 Å². The fourth-order valence-electron chi connectivity index (χ4n) is 4.73. The molecule has 1 fully saturated rings. The standard InChI is InChI=1S/C29H41Cl2NO5Si/c1-28(2,3)38(7,8)37-14-12-29(18-20-9-10-22(30)23(31)15-20)11-13-32(27(29)33)19-21-16-24(34-4)26(36-6)25(17-21)35-5/h9-10,15-17H,11-14,18-19H2,1-8H3. The fourth-order valence-corrected chi connectivity index (χ4v) is 6.10. The molecule has 1 saturated heterocycles. The lowest BCUT2D eigenvalue weighted by molar-refractivity contribution is -0.137. The molecule has 1 amide bonds. The number of ether oxygens (including phenoxy) is 3. The number of halogens is 2. The molecule has 0 radical (unpaired) electrons. The van der Waals surface area contributed by atoms with Gasteiger partial charge in [0, 0.05) is 19.7 Å². The van der Waals surface area contributed by atoms with Gasteiger partial charge in [0.25, 0.3) is 0 Å². The average Bonchev–Trinajstić information content (AvgIpc) is 3.14. The Labute approximate surface area is 238 Å². The van der Waals surface area contributed by atoms with E-state index >= 15 is 0 Å². The number of carbonyl (C=O) groups is 1. The number of amides is 1. The van der Waals surface area contributed by atoms with Crippen LogP contribution in [0.3, 0.4) is 0 Å². The van der Waals surface area contributed by atoms with Crippen molar-refractivity contribution in [3.05, 3.63) is 51.5 Å². The van der Waals surface area contributed by atoms with Crippen molar-refractivity contribution < 1.29 is 23.4 Å². The van der Waals surface area contributed by atoms with Crippen molar-refractivity contribution in [1.82, 2.24) is 4.90 Å². The third kappa shape index (κ3) is 6.61. The molecule has 6 nitrogen and oxygen atoms in total. The van der Waals surface area contributed by atoms with Gasteiger partial charge in [-0.25, -0.2) is 0 Å². The summed E-state index contributed by atoms with van der Waals surface area (Å²) in [5.74, 6) is 1.79. The van der Waals surface area contributed by atoms with E-state index in [0.29, 0.717) is 59.8 Å². The Morgan fingerprint density at radius 3 is 2.11 bits per heavy atom. The topological polar surface area (TPSA) is 57.2 Å². The molecule has 1 aliphatic heterocycles. The summed E-state index contributed by atoms with van der Waals surface area (Å²) in [5, 5.41) is 1.10. The molecular formula is C29H41Cl2NO5Si. The van der Waals surface area contributed by atoms with Gasteiger partial charge in [-0.15, -0.1) is 0 Å². The number of hydrogen-bond acceptors (Lipinski definition) is 5. The summed E-state index contributed by atoms with van der Waals surface area (Å²) in [7, 11) is 2.81. The number of carbonyl (C=O) groups excluding carboxylic acids is 1. The second kappa shape index (κ2) is 12.1. The van der Waals surface area contributed by atoms with E-state index in [4.69, 9.17) is 41.8 Å². The first-order valence-electron chi connectivity index (χ1n) is 12.9. The maximum Gasteiger partial charge on any atom is 0.229 e. The van der Waals surface area contributed by atoms with Gasteiger partial charge in [-0.1, -0.05) is 50.0 Å². The van der Waals surface area contributed by atoms with E-state index in [1.165, 1.54) is 0 Å². The molecule has 0 N–H and O–H groups in total. The first-order chi connectivity index (χ1) is 17.8. The summed E-state index contributed by atoms with van der Waals surface area (Å²) in [5.41, 5.74) is 1.32. The number of nitrogens with zero attached hydrogens (tertiary/aromatic N) is 1. The zero-order valence-electron chi connectivity index (χ0n) is 23.9. The molecule has 2 aromatic carbocycles. The van der Waals surface area contributed by atoms with Crippen LogP contribution in [0.25, 0.3) is 0 Å². The summed E-state index contributed by atoms with van der Waals surface area (Å²) in [6.45, 7) is 12.8. The molecule has 2 aromatic rings. The molecule has 9 heteroatoms. The van der Waals surface area contributed by atoms with Crippen molar-refractivity contribution in [2.75, 3.05) is 34.5 Å². The van der Waals surface area contributed by atoms with Gasteiger partial charge in [-0.05, 0) is 72.8 Å². The Kier molecular flexibility index (Phi) is 9.72. The van der Waals surface area contributed by atoms with Crippen LogP contribution in [0, 0.1) is 5.41 Å². The van der Waals surface area contributed by atoms with E-state index < -0.39 is 13.7 Å². The zero-order chi connectivity index (χ0) is 28.3. The molecule has 0 aromatic heterocycles. The first kappa shape index (κ1) is 30.6. The molecule has 1 unspecified atom stereocenters. The molecule has 210 valence electrons. The Bertz CT molecular complexity index is 1130. The van der Waals surface area contributed by atoms with Gasteiger partial charge < -0.3 is 23.5 Å². The highest BCUT2D eigenvalue weighted by molar-refractivity contribution is 6.74. The third-order valence-electron chi connectivity index (χ3n) is 8.08. The molecule has 38 heavy (non-hydrogen) atoms. The summed E-state index contributed by atoms with van der Waals surface area (Å²) in [4.78, 5) is 16.0. The Hall–Kier alpha value is -1.93. The van der Waals surface area contributed by atoms with Gasteiger partial charge >= 0.3 is 0 Å². The lowest BCUT2D eigenvalue weighted by Gasteiger charge is -2.37. The van der Waals surface area contributed by atoms with Crippen LogP contribution in [0.1, 0.15) is 44.7 Å². The minimum absolute atomic E-state index is 0.0993. The van der Waals surface area contributed by atoms with Crippen LogP contribution in [-0.4, -0.2) is 53.6 Å². The Morgan fingerprint density at radius 2 is 1.58 bits per heavy atom. The van der Waals surface area contributed by atoms with Crippen molar-refractivity contribution >= 4 is 37.4 Å². The summed E-state index contributed by atoms with van der Waals surface area (Å²) < 4.78 is 23.0. The Balaban J connectivity index is 1.88. The molecule has 0 spiro atoms. The van der Waals surface area contributed by atoms with Crippen LogP contribution < -0.4 is 14.2 Å². The van der Waals surface area contributed by atoms with E-state index in [-0.39, 0.29) is 10.9 Å². The van der Waals surface area contributed by atoms with Gasteiger partial charge in [0.15, 0.2) is 19.8 Å². The van der Waals surface area contributed by atoms with E-state index in [1.54, 1.807) is 27.4 Å². The Morgan fingerprint density at radius 1 is 0.947 bits per heavy atom. The molecule has 0 aliphatic carbocycles. The third-order valence-corrected chi connectivity index (χ3v) is 13.4. The second-order valence-electron chi connectivity index (χ2n) is 11.6.